The van der Waals surface area contributed by atoms with Crippen LogP contribution in [-0.2, 0) is 4.79 Å². The number of allylic oxidation sites excluding steroid dienone is 2. The first-order valence-corrected chi connectivity index (χ1v) is 5.97. The molecule has 0 aromatic heterocycles. The van der Waals surface area contributed by atoms with Crippen molar-refractivity contribution in [2.45, 2.75) is 58.8 Å². The van der Waals surface area contributed by atoms with Crippen LogP contribution in [0.15, 0.2) is 12.2 Å². The predicted molar refractivity (Wildman–Crippen MR) is 62.4 cm³/mol. The molecule has 0 radical (unpaired) electrons. The van der Waals surface area contributed by atoms with Crippen LogP contribution in [0.1, 0.15) is 58.8 Å². The summed E-state index contributed by atoms with van der Waals surface area (Å²) in [4.78, 5) is 10.2. The molecule has 1 atom stereocenters. The number of carbonyl (C=O) groups is 1. The first kappa shape index (κ1) is 13.4. The summed E-state index contributed by atoms with van der Waals surface area (Å²) >= 11 is 0. The highest BCUT2D eigenvalue weighted by molar-refractivity contribution is 5.64. The van der Waals surface area contributed by atoms with Gasteiger partial charge < -0.3 is 0 Å². The van der Waals surface area contributed by atoms with Gasteiger partial charge in [0, 0.05) is 0 Å². The molecule has 82 valence electrons. The largest absolute Gasteiger partial charge is 0.299 e. The molecule has 14 heavy (non-hydrogen) atoms. The van der Waals surface area contributed by atoms with E-state index < -0.39 is 0 Å². The second kappa shape index (κ2) is 10.5. The zero-order chi connectivity index (χ0) is 10.6. The summed E-state index contributed by atoms with van der Waals surface area (Å²) in [5.74, 6) is 0.627. The van der Waals surface area contributed by atoms with Gasteiger partial charge in [-0.2, -0.15) is 0 Å². The van der Waals surface area contributed by atoms with Gasteiger partial charge in [-0.15, -0.1) is 0 Å². The van der Waals surface area contributed by atoms with Gasteiger partial charge in [0.15, 0.2) is 0 Å². The third-order valence-electron chi connectivity index (χ3n) is 2.55. The molecule has 0 heterocycles. The van der Waals surface area contributed by atoms with E-state index in [2.05, 4.69) is 19.9 Å². The van der Waals surface area contributed by atoms with Crippen molar-refractivity contribution in [3.8, 4) is 0 Å². The summed E-state index contributed by atoms with van der Waals surface area (Å²) in [6.07, 6.45) is 13.6. The van der Waals surface area contributed by atoms with Crippen LogP contribution in [0.25, 0.3) is 0 Å². The monoisotopic (exact) mass is 196 g/mol. The minimum atomic E-state index is 0.627. The van der Waals surface area contributed by atoms with Gasteiger partial charge >= 0.3 is 0 Å². The van der Waals surface area contributed by atoms with Crippen molar-refractivity contribution in [3.05, 3.63) is 12.2 Å². The summed E-state index contributed by atoms with van der Waals surface area (Å²) in [6.45, 7) is 4.43. The molecule has 1 unspecified atom stereocenters. The molecule has 0 fully saturated rings. The number of carbonyl (C=O) groups excluding carboxylic acids is 1. The van der Waals surface area contributed by atoms with Gasteiger partial charge in [-0.3, -0.25) is 4.79 Å². The summed E-state index contributed by atoms with van der Waals surface area (Å²) in [5.41, 5.74) is 0. The fourth-order valence-electron chi connectivity index (χ4n) is 1.74. The zero-order valence-electron chi connectivity index (χ0n) is 9.67. The average molecular weight is 196 g/mol. The molecule has 0 aliphatic carbocycles. The fraction of sp³-hybridized carbons (Fsp3) is 0.769. The molecule has 0 aliphatic heterocycles. The van der Waals surface area contributed by atoms with Crippen molar-refractivity contribution in [1.29, 1.82) is 0 Å². The van der Waals surface area contributed by atoms with Gasteiger partial charge in [0.25, 0.3) is 0 Å². The Balaban J connectivity index is 3.61. The highest BCUT2D eigenvalue weighted by Crippen LogP contribution is 2.17. The van der Waals surface area contributed by atoms with Crippen molar-refractivity contribution < 1.29 is 4.79 Å². The fourth-order valence-corrected chi connectivity index (χ4v) is 1.74. The van der Waals surface area contributed by atoms with E-state index in [4.69, 9.17) is 0 Å². The van der Waals surface area contributed by atoms with Gasteiger partial charge in [0.1, 0.15) is 6.29 Å². The quantitative estimate of drug-likeness (QED) is 0.308. The molecule has 1 nitrogen and oxygen atoms in total. The second-order valence-corrected chi connectivity index (χ2v) is 3.92. The van der Waals surface area contributed by atoms with Crippen LogP contribution in [0.2, 0.25) is 0 Å². The number of hydrogen-bond acceptors (Lipinski definition) is 1. The second-order valence-electron chi connectivity index (χ2n) is 3.92. The highest BCUT2D eigenvalue weighted by Gasteiger charge is 2.02. The van der Waals surface area contributed by atoms with Crippen LogP contribution in [-0.4, -0.2) is 6.29 Å². The minimum Gasteiger partial charge on any atom is -0.299 e. The molecular formula is C13H24O. The topological polar surface area (TPSA) is 17.1 Å². The van der Waals surface area contributed by atoms with E-state index in [1.54, 1.807) is 6.08 Å². The van der Waals surface area contributed by atoms with Crippen molar-refractivity contribution in [2.24, 2.45) is 5.92 Å². The summed E-state index contributed by atoms with van der Waals surface area (Å²) in [7, 11) is 0. The van der Waals surface area contributed by atoms with E-state index in [9.17, 15) is 4.79 Å². The lowest BCUT2D eigenvalue weighted by Crippen LogP contribution is -1.96. The predicted octanol–water partition coefficient (Wildman–Crippen LogP) is 4.13. The molecule has 0 aromatic carbocycles. The molecule has 0 amide bonds. The van der Waals surface area contributed by atoms with Gasteiger partial charge in [-0.25, -0.2) is 0 Å². The Bertz CT molecular complexity index is 149. The molecule has 0 saturated carbocycles. The van der Waals surface area contributed by atoms with Crippen LogP contribution < -0.4 is 0 Å². The minimum absolute atomic E-state index is 0.627. The Kier molecular flexibility index (Phi) is 10.0. The van der Waals surface area contributed by atoms with Crippen molar-refractivity contribution >= 4 is 6.29 Å². The SMILES string of the molecule is CCCCCCC(/C=C/C=O)CCC. The Hall–Kier alpha value is -0.590. The Morgan fingerprint density at radius 2 is 1.79 bits per heavy atom. The number of rotatable bonds is 9. The van der Waals surface area contributed by atoms with Gasteiger partial charge in [-0.1, -0.05) is 52.0 Å². The molecule has 0 aliphatic rings. The Morgan fingerprint density at radius 3 is 2.36 bits per heavy atom. The standard InChI is InChI=1S/C13H24O/c1-3-5-6-7-10-13(9-4-2)11-8-12-14/h8,11-13H,3-7,9-10H2,1-2H3/b11-8+. The van der Waals surface area contributed by atoms with Crippen LogP contribution >= 0.6 is 0 Å². The summed E-state index contributed by atoms with van der Waals surface area (Å²) in [5, 5.41) is 0. The van der Waals surface area contributed by atoms with Gasteiger partial charge in [-0.05, 0) is 24.8 Å². The zero-order valence-corrected chi connectivity index (χ0v) is 9.67. The summed E-state index contributed by atoms with van der Waals surface area (Å²) < 4.78 is 0. The first-order chi connectivity index (χ1) is 6.85. The van der Waals surface area contributed by atoms with Crippen LogP contribution in [0.5, 0.6) is 0 Å². The van der Waals surface area contributed by atoms with E-state index in [1.165, 1.54) is 44.9 Å². The number of hydrogen-bond donors (Lipinski definition) is 0. The number of unbranched alkanes of at least 4 members (excludes halogenated alkanes) is 3. The maximum absolute atomic E-state index is 10.2. The third-order valence-corrected chi connectivity index (χ3v) is 2.55. The van der Waals surface area contributed by atoms with E-state index in [0.29, 0.717) is 5.92 Å². The first-order valence-electron chi connectivity index (χ1n) is 5.97. The normalized spacial score (nSPS) is 13.3. The smallest absolute Gasteiger partial charge is 0.142 e. The van der Waals surface area contributed by atoms with Crippen LogP contribution in [0.4, 0.5) is 0 Å². The lowest BCUT2D eigenvalue weighted by atomic mass is 9.96. The highest BCUT2D eigenvalue weighted by atomic mass is 16.1. The molecule has 0 N–H and O–H groups in total. The Labute approximate surface area is 88.6 Å². The van der Waals surface area contributed by atoms with Crippen molar-refractivity contribution in [3.63, 3.8) is 0 Å². The van der Waals surface area contributed by atoms with Crippen molar-refractivity contribution in [2.75, 3.05) is 0 Å². The molecule has 0 rings (SSSR count). The van der Waals surface area contributed by atoms with E-state index >= 15 is 0 Å². The summed E-state index contributed by atoms with van der Waals surface area (Å²) in [6, 6.07) is 0. The van der Waals surface area contributed by atoms with Gasteiger partial charge in [0.05, 0.1) is 0 Å². The van der Waals surface area contributed by atoms with E-state index in [-0.39, 0.29) is 0 Å². The molecule has 0 aromatic rings. The maximum Gasteiger partial charge on any atom is 0.142 e. The Morgan fingerprint density at radius 1 is 1.00 bits per heavy atom. The maximum atomic E-state index is 10.2. The molecule has 0 bridgehead atoms. The lowest BCUT2D eigenvalue weighted by Gasteiger charge is -2.10. The molecule has 0 spiro atoms. The van der Waals surface area contributed by atoms with Crippen molar-refractivity contribution in [1.82, 2.24) is 0 Å². The lowest BCUT2D eigenvalue weighted by molar-refractivity contribution is -0.104. The molecular weight excluding hydrogens is 172 g/mol. The molecule has 1 heteroatoms. The van der Waals surface area contributed by atoms with E-state index in [1.807, 2.05) is 0 Å². The average Bonchev–Trinajstić information content (AvgIpc) is 2.20. The molecule has 0 saturated heterocycles. The van der Waals surface area contributed by atoms with Crippen LogP contribution in [0, 0.1) is 5.92 Å². The van der Waals surface area contributed by atoms with Gasteiger partial charge in [0.2, 0.25) is 0 Å². The van der Waals surface area contributed by atoms with Crippen LogP contribution in [0.3, 0.4) is 0 Å². The number of aldehydes is 1. The van der Waals surface area contributed by atoms with E-state index in [0.717, 1.165) is 6.29 Å². The third kappa shape index (κ3) is 8.03.